The lowest BCUT2D eigenvalue weighted by molar-refractivity contribution is -0.154. The Kier molecular flexibility index (Phi) is 7.46. The number of nitrogens with one attached hydrogen (secondary N) is 1. The number of aryl methyl sites for hydroxylation is 1. The van der Waals surface area contributed by atoms with Gasteiger partial charge in [0.25, 0.3) is 0 Å². The summed E-state index contributed by atoms with van der Waals surface area (Å²) in [6.07, 6.45) is -1.72. The van der Waals surface area contributed by atoms with E-state index in [2.05, 4.69) is 14.4 Å². The van der Waals surface area contributed by atoms with Crippen LogP contribution in [0.3, 0.4) is 0 Å². The van der Waals surface area contributed by atoms with Crippen molar-refractivity contribution in [3.05, 3.63) is 53.7 Å². The number of pyridine rings is 1. The molecule has 1 aromatic carbocycles. The molecule has 0 saturated carbocycles. The van der Waals surface area contributed by atoms with Gasteiger partial charge in [0.1, 0.15) is 0 Å². The van der Waals surface area contributed by atoms with Gasteiger partial charge in [-0.2, -0.15) is 13.2 Å². The number of benzene rings is 1. The van der Waals surface area contributed by atoms with Crippen LogP contribution < -0.4 is 9.46 Å². The summed E-state index contributed by atoms with van der Waals surface area (Å²) >= 11 is 5.63. The molecule has 0 unspecified atom stereocenters. The van der Waals surface area contributed by atoms with E-state index in [0.29, 0.717) is 5.88 Å². The molecule has 0 atom stereocenters. The molecular weight excluding hydrogens is 405 g/mol. The maximum Gasteiger partial charge on any atom is 0.422 e. The second-order valence-corrected chi connectivity index (χ2v) is 7.78. The van der Waals surface area contributed by atoms with E-state index in [1.807, 2.05) is 0 Å². The van der Waals surface area contributed by atoms with Gasteiger partial charge in [-0.15, -0.1) is 11.6 Å². The average molecular weight is 423 g/mol. The zero-order valence-electron chi connectivity index (χ0n) is 14.2. The smallest absolute Gasteiger partial charge is 0.422 e. The summed E-state index contributed by atoms with van der Waals surface area (Å²) in [5.41, 5.74) is 1.16. The van der Waals surface area contributed by atoms with Crippen molar-refractivity contribution < 1.29 is 26.3 Å². The first kappa shape index (κ1) is 21.5. The molecule has 0 saturated heterocycles. The summed E-state index contributed by atoms with van der Waals surface area (Å²) in [5.74, 6) is 0.250. The predicted octanol–water partition coefficient (Wildman–Crippen LogP) is 3.67. The minimum Gasteiger partial charge on any atom is -0.468 e. The quantitative estimate of drug-likeness (QED) is 0.626. The number of rotatable bonds is 9. The highest BCUT2D eigenvalue weighted by molar-refractivity contribution is 7.89. The third-order valence-electron chi connectivity index (χ3n) is 3.51. The van der Waals surface area contributed by atoms with Crippen LogP contribution in [0, 0.1) is 0 Å². The van der Waals surface area contributed by atoms with Crippen LogP contribution in [0.2, 0.25) is 0 Å². The second kappa shape index (κ2) is 9.38. The Morgan fingerprint density at radius 2 is 1.85 bits per heavy atom. The first-order chi connectivity index (χ1) is 12.7. The van der Waals surface area contributed by atoms with Gasteiger partial charge in [0.05, 0.1) is 4.90 Å². The fourth-order valence-electron chi connectivity index (χ4n) is 2.20. The normalized spacial score (nSPS) is 12.1. The third kappa shape index (κ3) is 7.00. The highest BCUT2D eigenvalue weighted by Gasteiger charge is 2.29. The van der Waals surface area contributed by atoms with Gasteiger partial charge in [0.15, 0.2) is 6.61 Å². The molecule has 1 aromatic heterocycles. The van der Waals surface area contributed by atoms with E-state index in [1.165, 1.54) is 30.5 Å². The summed E-state index contributed by atoms with van der Waals surface area (Å²) in [4.78, 5) is 3.78. The lowest BCUT2D eigenvalue weighted by Crippen LogP contribution is -2.25. The number of hydrogen-bond donors (Lipinski definition) is 1. The largest absolute Gasteiger partial charge is 0.468 e. The number of halogens is 4. The van der Waals surface area contributed by atoms with E-state index in [0.717, 1.165) is 18.4 Å². The molecule has 5 nitrogen and oxygen atoms in total. The highest BCUT2D eigenvalue weighted by atomic mass is 35.5. The molecule has 2 aromatic rings. The molecule has 0 fully saturated rings. The Labute approximate surface area is 160 Å². The van der Waals surface area contributed by atoms with E-state index >= 15 is 0 Å². The Morgan fingerprint density at radius 1 is 1.15 bits per heavy atom. The summed E-state index contributed by atoms with van der Waals surface area (Å²) in [5, 5.41) is 0. The van der Waals surface area contributed by atoms with Gasteiger partial charge < -0.3 is 4.74 Å². The van der Waals surface area contributed by atoms with Crippen LogP contribution in [-0.2, 0) is 23.0 Å². The van der Waals surface area contributed by atoms with Crippen LogP contribution in [0.5, 0.6) is 5.88 Å². The minimum atomic E-state index is -4.51. The minimum absolute atomic E-state index is 0.0544. The Bertz CT molecular complexity index is 843. The van der Waals surface area contributed by atoms with Crippen molar-refractivity contribution in [3.8, 4) is 5.88 Å². The van der Waals surface area contributed by atoms with E-state index in [-0.39, 0.29) is 22.9 Å². The van der Waals surface area contributed by atoms with Crippen molar-refractivity contribution in [1.29, 1.82) is 0 Å². The van der Waals surface area contributed by atoms with E-state index in [1.54, 1.807) is 12.1 Å². The summed E-state index contributed by atoms with van der Waals surface area (Å²) in [6.45, 7) is -1.76. The first-order valence-corrected chi connectivity index (χ1v) is 10.0. The van der Waals surface area contributed by atoms with E-state index in [9.17, 15) is 21.6 Å². The first-order valence-electron chi connectivity index (χ1n) is 7.99. The van der Waals surface area contributed by atoms with E-state index < -0.39 is 22.8 Å². The number of nitrogens with zero attached hydrogens (tertiary/aromatic N) is 1. The number of hydrogen-bond acceptors (Lipinski definition) is 4. The Balaban J connectivity index is 2.05. The summed E-state index contributed by atoms with van der Waals surface area (Å²) in [6, 6.07) is 9.25. The molecular formula is C17H18ClF3N2O3S. The topological polar surface area (TPSA) is 68.3 Å². The van der Waals surface area contributed by atoms with Crippen LogP contribution in [0.25, 0.3) is 0 Å². The molecule has 0 aliphatic rings. The standard InChI is InChI=1S/C17H18ClF3N2O3S/c18-9-1-3-13-5-7-15(8-6-13)27(24,25)23-11-14-4-2-10-22-16(14)26-12-17(19,20)21/h2,4-8,10,23H,1,3,9,11-12H2. The van der Waals surface area contributed by atoms with Crippen molar-refractivity contribution >= 4 is 21.6 Å². The molecule has 0 amide bonds. The number of sulfonamides is 1. The van der Waals surface area contributed by atoms with E-state index in [4.69, 9.17) is 11.6 Å². The molecule has 1 heterocycles. The molecule has 0 bridgehead atoms. The zero-order valence-corrected chi connectivity index (χ0v) is 15.7. The number of alkyl halides is 4. The van der Waals surface area contributed by atoms with Crippen molar-refractivity contribution in [1.82, 2.24) is 9.71 Å². The van der Waals surface area contributed by atoms with Crippen molar-refractivity contribution in [2.45, 2.75) is 30.5 Å². The summed E-state index contributed by atoms with van der Waals surface area (Å²) in [7, 11) is -3.84. The van der Waals surface area contributed by atoms with Crippen molar-refractivity contribution in [2.24, 2.45) is 0 Å². The fourth-order valence-corrected chi connectivity index (χ4v) is 3.34. The van der Waals surface area contributed by atoms with Crippen LogP contribution >= 0.6 is 11.6 Å². The number of aromatic nitrogens is 1. The van der Waals surface area contributed by atoms with Crippen LogP contribution in [-0.4, -0.2) is 32.1 Å². The maximum absolute atomic E-state index is 12.4. The van der Waals surface area contributed by atoms with Gasteiger partial charge in [-0.3, -0.25) is 0 Å². The van der Waals surface area contributed by atoms with Crippen LogP contribution in [0.4, 0.5) is 13.2 Å². The zero-order chi connectivity index (χ0) is 19.9. The molecule has 0 spiro atoms. The molecule has 0 radical (unpaired) electrons. The monoisotopic (exact) mass is 422 g/mol. The van der Waals surface area contributed by atoms with Crippen LogP contribution in [0.15, 0.2) is 47.5 Å². The van der Waals surface area contributed by atoms with Gasteiger partial charge in [-0.1, -0.05) is 18.2 Å². The molecule has 0 aliphatic heterocycles. The molecule has 27 heavy (non-hydrogen) atoms. The van der Waals surface area contributed by atoms with Crippen molar-refractivity contribution in [3.63, 3.8) is 0 Å². The molecule has 1 N–H and O–H groups in total. The fraction of sp³-hybridized carbons (Fsp3) is 0.353. The lowest BCUT2D eigenvalue weighted by Gasteiger charge is -2.13. The number of ether oxygens (including phenoxy) is 1. The highest BCUT2D eigenvalue weighted by Crippen LogP contribution is 2.20. The summed E-state index contributed by atoms with van der Waals surface area (Å²) < 4.78 is 68.7. The third-order valence-corrected chi connectivity index (χ3v) is 5.19. The van der Waals surface area contributed by atoms with Gasteiger partial charge in [-0.25, -0.2) is 18.1 Å². The molecule has 148 valence electrons. The average Bonchev–Trinajstić information content (AvgIpc) is 2.63. The lowest BCUT2D eigenvalue weighted by atomic mass is 10.1. The van der Waals surface area contributed by atoms with Gasteiger partial charge >= 0.3 is 6.18 Å². The Hall–Kier alpha value is -1.84. The molecule has 10 heteroatoms. The SMILES string of the molecule is O=S(=O)(NCc1cccnc1OCC(F)(F)F)c1ccc(CCCCl)cc1. The molecule has 2 rings (SSSR count). The Morgan fingerprint density at radius 3 is 2.48 bits per heavy atom. The maximum atomic E-state index is 12.4. The molecule has 0 aliphatic carbocycles. The van der Waals surface area contributed by atoms with Crippen LogP contribution in [0.1, 0.15) is 17.5 Å². The van der Waals surface area contributed by atoms with Gasteiger partial charge in [0, 0.05) is 24.2 Å². The second-order valence-electron chi connectivity index (χ2n) is 5.63. The predicted molar refractivity (Wildman–Crippen MR) is 95.3 cm³/mol. The van der Waals surface area contributed by atoms with Gasteiger partial charge in [-0.05, 0) is 36.6 Å². The van der Waals surface area contributed by atoms with Crippen molar-refractivity contribution in [2.75, 3.05) is 12.5 Å². The van der Waals surface area contributed by atoms with Gasteiger partial charge in [0.2, 0.25) is 15.9 Å².